The van der Waals surface area contributed by atoms with Gasteiger partial charge >= 0.3 is 0 Å². The highest BCUT2D eigenvalue weighted by molar-refractivity contribution is 5.93. The van der Waals surface area contributed by atoms with Crippen LogP contribution in [0.3, 0.4) is 0 Å². The molecule has 0 saturated carbocycles. The third kappa shape index (κ3) is 3.97. The number of pyridine rings is 2. The van der Waals surface area contributed by atoms with Crippen LogP contribution in [-0.4, -0.2) is 28.5 Å². The van der Waals surface area contributed by atoms with Crippen LogP contribution in [0.15, 0.2) is 41.5 Å². The maximum absolute atomic E-state index is 12.2. The molecule has 0 aliphatic rings. The Balaban J connectivity index is 2.13. The fraction of sp³-hybridized carbons (Fsp3) is 0.353. The summed E-state index contributed by atoms with van der Waals surface area (Å²) >= 11 is 0. The molecule has 0 fully saturated rings. The Morgan fingerprint density at radius 1 is 1.26 bits per heavy atom. The summed E-state index contributed by atoms with van der Waals surface area (Å²) in [7, 11) is 1.62. The molecule has 2 heterocycles. The highest BCUT2D eigenvalue weighted by atomic mass is 16.2. The van der Waals surface area contributed by atoms with Gasteiger partial charge in [-0.05, 0) is 26.0 Å². The van der Waals surface area contributed by atoms with Crippen LogP contribution in [0.2, 0.25) is 0 Å². The van der Waals surface area contributed by atoms with E-state index in [0.717, 1.165) is 24.5 Å². The van der Waals surface area contributed by atoms with Gasteiger partial charge in [-0.2, -0.15) is 0 Å². The van der Waals surface area contributed by atoms with Gasteiger partial charge in [-0.1, -0.05) is 6.07 Å². The van der Waals surface area contributed by atoms with E-state index in [1.807, 2.05) is 12.1 Å². The average Bonchev–Trinajstić information content (AvgIpc) is 2.57. The van der Waals surface area contributed by atoms with Gasteiger partial charge in [-0.25, -0.2) is 4.98 Å². The Kier molecular flexibility index (Phi) is 5.51. The summed E-state index contributed by atoms with van der Waals surface area (Å²) < 4.78 is 1.39. The third-order valence-corrected chi connectivity index (χ3v) is 3.72. The molecule has 2 aromatic rings. The minimum atomic E-state index is -0.213. The first-order valence-electron chi connectivity index (χ1n) is 7.70. The molecule has 2 aromatic heterocycles. The van der Waals surface area contributed by atoms with Gasteiger partial charge in [-0.15, -0.1) is 0 Å². The maximum Gasteiger partial charge on any atom is 0.253 e. The average molecular weight is 314 g/mol. The van der Waals surface area contributed by atoms with Gasteiger partial charge in [-0.3, -0.25) is 9.59 Å². The number of aromatic nitrogens is 2. The second-order valence-electron chi connectivity index (χ2n) is 5.21. The number of carbonyl (C=O) groups excluding carboxylic acids is 1. The van der Waals surface area contributed by atoms with Gasteiger partial charge in [0.05, 0.1) is 5.56 Å². The molecule has 0 atom stereocenters. The number of nitrogens with one attached hydrogen (secondary N) is 1. The number of amides is 1. The van der Waals surface area contributed by atoms with Crippen LogP contribution in [0.25, 0.3) is 0 Å². The molecule has 1 N–H and O–H groups in total. The van der Waals surface area contributed by atoms with Crippen LogP contribution >= 0.6 is 0 Å². The number of nitrogens with zero attached hydrogens (tertiary/aromatic N) is 3. The van der Waals surface area contributed by atoms with E-state index in [4.69, 9.17) is 0 Å². The van der Waals surface area contributed by atoms with E-state index in [-0.39, 0.29) is 11.5 Å². The number of anilines is 1. The Hall–Kier alpha value is -2.63. The summed E-state index contributed by atoms with van der Waals surface area (Å²) in [6.07, 6.45) is 3.29. The summed E-state index contributed by atoms with van der Waals surface area (Å²) in [5.74, 6) is 0.674. The third-order valence-electron chi connectivity index (χ3n) is 3.72. The molecular weight excluding hydrogens is 292 g/mol. The van der Waals surface area contributed by atoms with E-state index in [1.165, 1.54) is 22.9 Å². The topological polar surface area (TPSA) is 67.2 Å². The summed E-state index contributed by atoms with van der Waals surface area (Å²) in [5.41, 5.74) is 1.28. The molecule has 2 rings (SSSR count). The van der Waals surface area contributed by atoms with Crippen molar-refractivity contribution in [3.63, 3.8) is 0 Å². The lowest BCUT2D eigenvalue weighted by molar-refractivity contribution is 0.0950. The smallest absolute Gasteiger partial charge is 0.253 e. The molecule has 0 aliphatic carbocycles. The van der Waals surface area contributed by atoms with Crippen molar-refractivity contribution in [2.45, 2.75) is 20.4 Å². The van der Waals surface area contributed by atoms with Crippen molar-refractivity contribution in [1.29, 1.82) is 0 Å². The Morgan fingerprint density at radius 3 is 2.65 bits per heavy atom. The van der Waals surface area contributed by atoms with Crippen LogP contribution in [0.5, 0.6) is 0 Å². The molecule has 23 heavy (non-hydrogen) atoms. The zero-order chi connectivity index (χ0) is 16.8. The van der Waals surface area contributed by atoms with Gasteiger partial charge in [0.15, 0.2) is 0 Å². The number of aryl methyl sites for hydroxylation is 1. The van der Waals surface area contributed by atoms with Crippen molar-refractivity contribution >= 4 is 11.7 Å². The van der Waals surface area contributed by atoms with Crippen molar-refractivity contribution in [3.05, 3.63) is 58.1 Å². The SMILES string of the molecule is CCN(CC)c1ncccc1CNC(=O)c1ccc(=O)n(C)c1. The van der Waals surface area contributed by atoms with Gasteiger partial charge in [0, 0.05) is 50.7 Å². The molecule has 6 heteroatoms. The van der Waals surface area contributed by atoms with Gasteiger partial charge in [0.2, 0.25) is 5.56 Å². The Labute approximate surface area is 135 Å². The lowest BCUT2D eigenvalue weighted by Gasteiger charge is -2.22. The largest absolute Gasteiger partial charge is 0.357 e. The normalized spacial score (nSPS) is 10.4. The second kappa shape index (κ2) is 7.58. The van der Waals surface area contributed by atoms with Gasteiger partial charge < -0.3 is 14.8 Å². The summed E-state index contributed by atoms with van der Waals surface area (Å²) in [5, 5.41) is 2.88. The molecule has 1 amide bonds. The van der Waals surface area contributed by atoms with Crippen molar-refractivity contribution in [1.82, 2.24) is 14.9 Å². The molecule has 0 aliphatic heterocycles. The highest BCUT2D eigenvalue weighted by Crippen LogP contribution is 2.16. The maximum atomic E-state index is 12.2. The molecular formula is C17H22N4O2. The van der Waals surface area contributed by atoms with Crippen molar-refractivity contribution < 1.29 is 4.79 Å². The van der Waals surface area contributed by atoms with E-state index < -0.39 is 0 Å². The van der Waals surface area contributed by atoms with Crippen molar-refractivity contribution in [3.8, 4) is 0 Å². The molecule has 0 radical (unpaired) electrons. The summed E-state index contributed by atoms with van der Waals surface area (Å²) in [6, 6.07) is 6.74. The fourth-order valence-corrected chi connectivity index (χ4v) is 2.38. The lowest BCUT2D eigenvalue weighted by Crippen LogP contribution is -2.28. The quantitative estimate of drug-likeness (QED) is 0.878. The van der Waals surface area contributed by atoms with Crippen molar-refractivity contribution in [2.75, 3.05) is 18.0 Å². The minimum Gasteiger partial charge on any atom is -0.357 e. The van der Waals surface area contributed by atoms with E-state index in [1.54, 1.807) is 13.2 Å². The van der Waals surface area contributed by atoms with E-state index >= 15 is 0 Å². The predicted octanol–water partition coefficient (Wildman–Crippen LogP) is 1.56. The van der Waals surface area contributed by atoms with Crippen molar-refractivity contribution in [2.24, 2.45) is 7.05 Å². The van der Waals surface area contributed by atoms with E-state index in [2.05, 4.69) is 29.0 Å². The van der Waals surface area contributed by atoms with Crippen LogP contribution in [0, 0.1) is 0 Å². The van der Waals surface area contributed by atoms with E-state index in [0.29, 0.717) is 12.1 Å². The molecule has 0 spiro atoms. The molecule has 0 aromatic carbocycles. The standard InChI is InChI=1S/C17H22N4O2/c1-4-21(5-2)16-13(7-6-10-18-16)11-19-17(23)14-8-9-15(22)20(3)12-14/h6-10,12H,4-5,11H2,1-3H3,(H,19,23). The Morgan fingerprint density at radius 2 is 2.00 bits per heavy atom. The number of hydrogen-bond acceptors (Lipinski definition) is 4. The predicted molar refractivity (Wildman–Crippen MR) is 90.7 cm³/mol. The number of carbonyl (C=O) groups is 1. The molecule has 0 bridgehead atoms. The van der Waals surface area contributed by atoms with Crippen LogP contribution in [0.1, 0.15) is 29.8 Å². The summed E-state index contributed by atoms with van der Waals surface area (Å²) in [4.78, 5) is 30.2. The van der Waals surface area contributed by atoms with E-state index in [9.17, 15) is 9.59 Å². The minimum absolute atomic E-state index is 0.141. The fourth-order valence-electron chi connectivity index (χ4n) is 2.38. The van der Waals surface area contributed by atoms with Crippen LogP contribution in [0.4, 0.5) is 5.82 Å². The number of rotatable bonds is 6. The first-order valence-corrected chi connectivity index (χ1v) is 7.70. The zero-order valence-electron chi connectivity index (χ0n) is 13.7. The summed E-state index contributed by atoms with van der Waals surface area (Å²) in [6.45, 7) is 6.25. The molecule has 0 saturated heterocycles. The lowest BCUT2D eigenvalue weighted by atomic mass is 10.2. The van der Waals surface area contributed by atoms with Gasteiger partial charge in [0.1, 0.15) is 5.82 Å². The first-order chi connectivity index (χ1) is 11.1. The number of hydrogen-bond donors (Lipinski definition) is 1. The molecule has 0 unspecified atom stereocenters. The molecule has 122 valence electrons. The van der Waals surface area contributed by atoms with Gasteiger partial charge in [0.25, 0.3) is 5.91 Å². The zero-order valence-corrected chi connectivity index (χ0v) is 13.7. The second-order valence-corrected chi connectivity index (χ2v) is 5.21. The first kappa shape index (κ1) is 16.7. The van der Waals surface area contributed by atoms with Crippen LogP contribution in [-0.2, 0) is 13.6 Å². The van der Waals surface area contributed by atoms with Crippen LogP contribution < -0.4 is 15.8 Å². The molecule has 6 nitrogen and oxygen atoms in total. The highest BCUT2D eigenvalue weighted by Gasteiger charge is 2.11. The Bertz CT molecular complexity index is 735. The monoisotopic (exact) mass is 314 g/mol.